The van der Waals surface area contributed by atoms with Crippen molar-refractivity contribution >= 4 is 11.7 Å². The van der Waals surface area contributed by atoms with Gasteiger partial charge in [0.25, 0.3) is 0 Å². The molecule has 26 heavy (non-hydrogen) atoms. The molecule has 4 nitrogen and oxygen atoms in total. The number of nitrogens with zero attached hydrogens (tertiary/aromatic N) is 2. The lowest BCUT2D eigenvalue weighted by Gasteiger charge is -2.37. The van der Waals surface area contributed by atoms with E-state index < -0.39 is 0 Å². The number of anilines is 1. The van der Waals surface area contributed by atoms with Crippen molar-refractivity contribution in [2.24, 2.45) is 0 Å². The predicted molar refractivity (Wildman–Crippen MR) is 103 cm³/mol. The number of rotatable bonds is 3. The molecule has 3 rings (SSSR count). The van der Waals surface area contributed by atoms with Gasteiger partial charge >= 0.3 is 6.03 Å². The molecule has 2 aromatic carbocycles. The maximum Gasteiger partial charge on any atom is 0.317 e. The molecule has 5 heteroatoms. The Morgan fingerprint density at radius 1 is 1.04 bits per heavy atom. The summed E-state index contributed by atoms with van der Waals surface area (Å²) in [5, 5.41) is 2.82. The number of carbonyl (C=O) groups is 1. The normalized spacial score (nSPS) is 14.5. The minimum atomic E-state index is -0.289. The minimum Gasteiger partial charge on any atom is -0.368 e. The lowest BCUT2D eigenvalue weighted by Crippen LogP contribution is -2.52. The second kappa shape index (κ2) is 7.77. The maximum absolute atomic E-state index is 13.7. The van der Waals surface area contributed by atoms with Crippen LogP contribution in [0.3, 0.4) is 0 Å². The number of aryl methyl sites for hydroxylation is 3. The highest BCUT2D eigenvalue weighted by atomic mass is 19.1. The third kappa shape index (κ3) is 3.98. The average Bonchev–Trinajstić information content (AvgIpc) is 2.60. The second-order valence-electron chi connectivity index (χ2n) is 6.97. The first-order valence-corrected chi connectivity index (χ1v) is 9.04. The molecular formula is C21H26FN3O. The van der Waals surface area contributed by atoms with Gasteiger partial charge in [0.2, 0.25) is 0 Å². The van der Waals surface area contributed by atoms with Crippen LogP contribution in [0.25, 0.3) is 0 Å². The van der Waals surface area contributed by atoms with Gasteiger partial charge in [-0.1, -0.05) is 35.9 Å². The first-order chi connectivity index (χ1) is 12.5. The van der Waals surface area contributed by atoms with Crippen LogP contribution >= 0.6 is 0 Å². The van der Waals surface area contributed by atoms with Crippen molar-refractivity contribution in [1.29, 1.82) is 0 Å². The summed E-state index contributed by atoms with van der Waals surface area (Å²) in [5.74, 6) is -0.289. The van der Waals surface area contributed by atoms with Crippen molar-refractivity contribution < 1.29 is 9.18 Å². The van der Waals surface area contributed by atoms with E-state index in [1.807, 2.05) is 0 Å². The smallest absolute Gasteiger partial charge is 0.317 e. The van der Waals surface area contributed by atoms with Crippen molar-refractivity contribution in [3.8, 4) is 0 Å². The van der Waals surface area contributed by atoms with Crippen molar-refractivity contribution in [3.05, 3.63) is 64.5 Å². The Bertz CT molecular complexity index is 775. The predicted octanol–water partition coefficient (Wildman–Crippen LogP) is 3.78. The minimum absolute atomic E-state index is 0.134. The van der Waals surface area contributed by atoms with Crippen LogP contribution < -0.4 is 10.2 Å². The topological polar surface area (TPSA) is 35.6 Å². The number of halogens is 1. The fourth-order valence-electron chi connectivity index (χ4n) is 3.73. The molecule has 0 aliphatic carbocycles. The van der Waals surface area contributed by atoms with Gasteiger partial charge in [0.05, 0.1) is 0 Å². The van der Waals surface area contributed by atoms with Crippen molar-refractivity contribution in [1.82, 2.24) is 10.2 Å². The van der Waals surface area contributed by atoms with Gasteiger partial charge in [-0.25, -0.2) is 9.18 Å². The first kappa shape index (κ1) is 18.2. The largest absolute Gasteiger partial charge is 0.368 e. The highest BCUT2D eigenvalue weighted by Gasteiger charge is 2.23. The van der Waals surface area contributed by atoms with E-state index in [2.05, 4.69) is 43.1 Å². The summed E-state index contributed by atoms with van der Waals surface area (Å²) in [7, 11) is 0. The summed E-state index contributed by atoms with van der Waals surface area (Å²) in [6, 6.07) is 10.8. The number of nitrogens with one attached hydrogen (secondary N) is 1. The SMILES string of the molecule is Cc1cc(C)c(N2CCN(C(=O)NCc3ccccc3F)CC2)c(C)c1. The monoisotopic (exact) mass is 355 g/mol. The van der Waals surface area contributed by atoms with Gasteiger partial charge in [-0.2, -0.15) is 0 Å². The van der Waals surface area contributed by atoms with Crippen LogP contribution in [0.1, 0.15) is 22.3 Å². The molecule has 1 saturated heterocycles. The molecule has 0 saturated carbocycles. The van der Waals surface area contributed by atoms with Gasteiger partial charge in [-0.05, 0) is 38.0 Å². The number of urea groups is 1. The van der Waals surface area contributed by atoms with Gasteiger partial charge in [0.15, 0.2) is 0 Å². The summed E-state index contributed by atoms with van der Waals surface area (Å²) in [4.78, 5) is 16.5. The van der Waals surface area contributed by atoms with Gasteiger partial charge in [0.1, 0.15) is 5.82 Å². The standard InChI is InChI=1S/C21H26FN3O/c1-15-12-16(2)20(17(3)13-15)24-8-10-25(11-9-24)21(26)23-14-18-6-4-5-7-19(18)22/h4-7,12-13H,8-11,14H2,1-3H3,(H,23,26). The fourth-order valence-corrected chi connectivity index (χ4v) is 3.73. The van der Waals surface area contributed by atoms with E-state index >= 15 is 0 Å². The van der Waals surface area contributed by atoms with Crippen LogP contribution in [0.15, 0.2) is 36.4 Å². The van der Waals surface area contributed by atoms with E-state index in [0.29, 0.717) is 18.7 Å². The number of piperazine rings is 1. The molecule has 2 amide bonds. The Balaban J connectivity index is 1.57. The van der Waals surface area contributed by atoms with Crippen LogP contribution in [0, 0.1) is 26.6 Å². The molecule has 2 aromatic rings. The van der Waals surface area contributed by atoms with E-state index in [4.69, 9.17) is 0 Å². The Labute approximate surface area is 154 Å². The molecule has 1 heterocycles. The third-order valence-electron chi connectivity index (χ3n) is 4.91. The van der Waals surface area contributed by atoms with Crippen LogP contribution in [0.4, 0.5) is 14.9 Å². The zero-order valence-electron chi connectivity index (χ0n) is 15.7. The highest BCUT2D eigenvalue weighted by Crippen LogP contribution is 2.27. The molecule has 1 aliphatic rings. The lowest BCUT2D eigenvalue weighted by molar-refractivity contribution is 0.194. The van der Waals surface area contributed by atoms with Crippen molar-refractivity contribution in [2.45, 2.75) is 27.3 Å². The molecule has 0 radical (unpaired) electrons. The molecule has 0 atom stereocenters. The first-order valence-electron chi connectivity index (χ1n) is 9.04. The van der Waals surface area contributed by atoms with Gasteiger partial charge < -0.3 is 15.1 Å². The molecule has 0 spiro atoms. The summed E-state index contributed by atoms with van der Waals surface area (Å²) in [6.45, 7) is 9.54. The number of hydrogen-bond donors (Lipinski definition) is 1. The van der Waals surface area contributed by atoms with Crippen molar-refractivity contribution in [3.63, 3.8) is 0 Å². The summed E-state index contributed by atoms with van der Waals surface area (Å²) in [5.41, 5.74) is 5.61. The molecule has 0 aromatic heterocycles. The molecule has 138 valence electrons. The van der Waals surface area contributed by atoms with E-state index in [0.717, 1.165) is 13.1 Å². The molecule has 0 bridgehead atoms. The molecule has 1 fully saturated rings. The van der Waals surface area contributed by atoms with Crippen LogP contribution in [0.5, 0.6) is 0 Å². The summed E-state index contributed by atoms with van der Waals surface area (Å²) < 4.78 is 13.7. The number of benzene rings is 2. The Morgan fingerprint density at radius 2 is 1.65 bits per heavy atom. The second-order valence-corrected chi connectivity index (χ2v) is 6.97. The van der Waals surface area contributed by atoms with E-state index in [-0.39, 0.29) is 18.4 Å². The maximum atomic E-state index is 13.7. The molecule has 1 N–H and O–H groups in total. The number of carbonyl (C=O) groups excluding carboxylic acids is 1. The fraction of sp³-hybridized carbons (Fsp3) is 0.381. The van der Waals surface area contributed by atoms with Crippen LogP contribution in [0.2, 0.25) is 0 Å². The summed E-state index contributed by atoms with van der Waals surface area (Å²) >= 11 is 0. The number of amides is 2. The third-order valence-corrected chi connectivity index (χ3v) is 4.91. The van der Waals surface area contributed by atoms with E-state index in [9.17, 15) is 9.18 Å². The van der Waals surface area contributed by atoms with E-state index in [1.54, 1.807) is 23.1 Å². The van der Waals surface area contributed by atoms with Crippen molar-refractivity contribution in [2.75, 3.05) is 31.1 Å². The average molecular weight is 355 g/mol. The van der Waals surface area contributed by atoms with Crippen LogP contribution in [-0.2, 0) is 6.54 Å². The molecular weight excluding hydrogens is 329 g/mol. The van der Waals surface area contributed by atoms with Gasteiger partial charge in [0, 0.05) is 44.0 Å². The lowest BCUT2D eigenvalue weighted by atomic mass is 10.0. The molecule has 1 aliphatic heterocycles. The number of hydrogen-bond acceptors (Lipinski definition) is 2. The zero-order valence-corrected chi connectivity index (χ0v) is 15.7. The van der Waals surface area contributed by atoms with Gasteiger partial charge in [-0.3, -0.25) is 0 Å². The van der Waals surface area contributed by atoms with Crippen LogP contribution in [-0.4, -0.2) is 37.1 Å². The van der Waals surface area contributed by atoms with Gasteiger partial charge in [-0.15, -0.1) is 0 Å². The highest BCUT2D eigenvalue weighted by molar-refractivity contribution is 5.74. The Kier molecular flexibility index (Phi) is 5.45. The zero-order chi connectivity index (χ0) is 18.7. The Morgan fingerprint density at radius 3 is 2.27 bits per heavy atom. The van der Waals surface area contributed by atoms with E-state index in [1.165, 1.54) is 28.4 Å². The molecule has 0 unspecified atom stereocenters. The Hall–Kier alpha value is -2.56. The quantitative estimate of drug-likeness (QED) is 0.909. The summed E-state index contributed by atoms with van der Waals surface area (Å²) in [6.07, 6.45) is 0.